The lowest BCUT2D eigenvalue weighted by Gasteiger charge is -2.30. The Bertz CT molecular complexity index is 447. The second-order valence-electron chi connectivity index (χ2n) is 7.90. The summed E-state index contributed by atoms with van der Waals surface area (Å²) in [4.78, 5) is 16.7. The van der Waals surface area contributed by atoms with Gasteiger partial charge in [0.05, 0.1) is 0 Å². The van der Waals surface area contributed by atoms with Crippen molar-refractivity contribution in [2.24, 2.45) is 10.4 Å². The summed E-state index contributed by atoms with van der Waals surface area (Å²) < 4.78 is 5.31. The van der Waals surface area contributed by atoms with E-state index in [2.05, 4.69) is 27.9 Å². The van der Waals surface area contributed by atoms with E-state index in [1.54, 1.807) is 7.11 Å². The molecule has 2 fully saturated rings. The minimum absolute atomic E-state index is 0. The van der Waals surface area contributed by atoms with Crippen LogP contribution in [-0.2, 0) is 9.53 Å². The van der Waals surface area contributed by atoms with Gasteiger partial charge in [-0.1, -0.05) is 32.1 Å². The molecule has 27 heavy (non-hydrogen) atoms. The Morgan fingerprint density at radius 3 is 2.44 bits per heavy atom. The second kappa shape index (κ2) is 13.6. The lowest BCUT2D eigenvalue weighted by molar-refractivity contribution is -0.120. The molecule has 158 valence electrons. The zero-order chi connectivity index (χ0) is 18.7. The topological polar surface area (TPSA) is 74.8 Å². The number of ether oxygens (including phenoxy) is 1. The lowest BCUT2D eigenvalue weighted by atomic mass is 9.83. The number of amides is 1. The van der Waals surface area contributed by atoms with Crippen LogP contribution in [0.2, 0.25) is 0 Å². The van der Waals surface area contributed by atoms with Gasteiger partial charge >= 0.3 is 0 Å². The summed E-state index contributed by atoms with van der Waals surface area (Å²) in [6.45, 7) is 4.74. The molecular weight excluding hydrogens is 455 g/mol. The Hall–Kier alpha value is -0.570. The van der Waals surface area contributed by atoms with Crippen molar-refractivity contribution in [2.45, 2.75) is 77.2 Å². The fourth-order valence-electron chi connectivity index (χ4n) is 4.24. The molecule has 0 aromatic heterocycles. The molecule has 0 spiro atoms. The van der Waals surface area contributed by atoms with Crippen molar-refractivity contribution in [1.29, 1.82) is 0 Å². The van der Waals surface area contributed by atoms with Gasteiger partial charge < -0.3 is 20.7 Å². The molecule has 6 nitrogen and oxygen atoms in total. The van der Waals surface area contributed by atoms with Crippen LogP contribution in [0.5, 0.6) is 0 Å². The van der Waals surface area contributed by atoms with Gasteiger partial charge in [-0.15, -0.1) is 24.0 Å². The highest BCUT2D eigenvalue weighted by Gasteiger charge is 2.33. The van der Waals surface area contributed by atoms with Crippen molar-refractivity contribution in [3.63, 3.8) is 0 Å². The standard InChI is InChI=1S/C20H38N4O2.HI/c1-3-21-19(22-15-18(25)24-17-9-5-4-6-10-17)23-16-20(13-14-26-2)11-7-8-12-20;/h17H,3-16H2,1-2H3,(H,24,25)(H2,21,22,23);1H. The maximum absolute atomic E-state index is 12.2. The summed E-state index contributed by atoms with van der Waals surface area (Å²) in [7, 11) is 1.77. The summed E-state index contributed by atoms with van der Waals surface area (Å²) in [5.74, 6) is 0.777. The maximum Gasteiger partial charge on any atom is 0.242 e. The lowest BCUT2D eigenvalue weighted by Crippen LogP contribution is -2.44. The van der Waals surface area contributed by atoms with Crippen LogP contribution < -0.4 is 16.0 Å². The molecule has 2 saturated carbocycles. The van der Waals surface area contributed by atoms with E-state index in [1.165, 1.54) is 44.9 Å². The number of methoxy groups -OCH3 is 1. The zero-order valence-electron chi connectivity index (χ0n) is 17.1. The van der Waals surface area contributed by atoms with Gasteiger partial charge in [-0.25, -0.2) is 4.99 Å². The first kappa shape index (κ1) is 24.5. The van der Waals surface area contributed by atoms with E-state index in [9.17, 15) is 4.79 Å². The predicted molar refractivity (Wildman–Crippen MR) is 122 cm³/mol. The highest BCUT2D eigenvalue weighted by atomic mass is 127. The van der Waals surface area contributed by atoms with Crippen molar-refractivity contribution < 1.29 is 9.53 Å². The predicted octanol–water partition coefficient (Wildman–Crippen LogP) is 3.21. The molecule has 0 aliphatic heterocycles. The Kier molecular flexibility index (Phi) is 12.3. The van der Waals surface area contributed by atoms with Gasteiger partial charge in [0, 0.05) is 32.8 Å². The van der Waals surface area contributed by atoms with E-state index in [1.807, 2.05) is 0 Å². The average molecular weight is 494 g/mol. The van der Waals surface area contributed by atoms with Crippen LogP contribution in [0.1, 0.15) is 71.1 Å². The van der Waals surface area contributed by atoms with E-state index in [-0.39, 0.29) is 36.4 Å². The fourth-order valence-corrected chi connectivity index (χ4v) is 4.24. The molecule has 2 aliphatic rings. The van der Waals surface area contributed by atoms with Crippen LogP contribution in [0.15, 0.2) is 4.99 Å². The number of nitrogens with zero attached hydrogens (tertiary/aromatic N) is 1. The first-order chi connectivity index (χ1) is 12.7. The molecule has 2 aliphatic carbocycles. The van der Waals surface area contributed by atoms with E-state index in [4.69, 9.17) is 4.74 Å². The molecule has 0 saturated heterocycles. The van der Waals surface area contributed by atoms with Crippen LogP contribution >= 0.6 is 24.0 Å². The maximum atomic E-state index is 12.2. The number of carbonyl (C=O) groups excluding carboxylic acids is 1. The number of hydrogen-bond acceptors (Lipinski definition) is 3. The molecular formula is C20H39IN4O2. The summed E-state index contributed by atoms with van der Waals surface area (Å²) >= 11 is 0. The van der Waals surface area contributed by atoms with Gasteiger partial charge in [0.1, 0.15) is 6.54 Å². The highest BCUT2D eigenvalue weighted by Crippen LogP contribution is 2.40. The number of halogens is 1. The average Bonchev–Trinajstić information content (AvgIpc) is 3.12. The third-order valence-electron chi connectivity index (χ3n) is 5.83. The number of carbonyl (C=O) groups is 1. The first-order valence-electron chi connectivity index (χ1n) is 10.5. The number of aliphatic imine (C=N–C) groups is 1. The molecule has 3 N–H and O–H groups in total. The number of guanidine groups is 1. The van der Waals surface area contributed by atoms with Crippen LogP contribution in [0.25, 0.3) is 0 Å². The number of nitrogens with one attached hydrogen (secondary N) is 3. The summed E-state index contributed by atoms with van der Waals surface area (Å²) in [6.07, 6.45) is 12.1. The minimum atomic E-state index is 0. The van der Waals surface area contributed by atoms with Gasteiger partial charge in [0.2, 0.25) is 5.91 Å². The summed E-state index contributed by atoms with van der Waals surface area (Å²) in [5, 5.41) is 9.87. The zero-order valence-corrected chi connectivity index (χ0v) is 19.5. The molecule has 0 aromatic carbocycles. The quantitative estimate of drug-likeness (QED) is 0.262. The van der Waals surface area contributed by atoms with Crippen LogP contribution in [-0.4, -0.2) is 51.3 Å². The van der Waals surface area contributed by atoms with Crippen molar-refractivity contribution in [1.82, 2.24) is 16.0 Å². The van der Waals surface area contributed by atoms with E-state index in [0.717, 1.165) is 44.9 Å². The molecule has 0 atom stereocenters. The van der Waals surface area contributed by atoms with Crippen molar-refractivity contribution in [2.75, 3.05) is 33.4 Å². The van der Waals surface area contributed by atoms with Gasteiger partial charge in [-0.3, -0.25) is 4.79 Å². The fraction of sp³-hybridized carbons (Fsp3) is 0.900. The van der Waals surface area contributed by atoms with E-state index in [0.29, 0.717) is 11.5 Å². The molecule has 0 radical (unpaired) electrons. The van der Waals surface area contributed by atoms with Crippen molar-refractivity contribution >= 4 is 35.8 Å². The highest BCUT2D eigenvalue weighted by molar-refractivity contribution is 14.0. The Morgan fingerprint density at radius 2 is 1.81 bits per heavy atom. The normalized spacial score (nSPS) is 20.0. The summed E-state index contributed by atoms with van der Waals surface area (Å²) in [5.41, 5.74) is 0.302. The second-order valence-corrected chi connectivity index (χ2v) is 7.90. The van der Waals surface area contributed by atoms with E-state index >= 15 is 0 Å². The van der Waals surface area contributed by atoms with Crippen LogP contribution in [0.4, 0.5) is 0 Å². The monoisotopic (exact) mass is 494 g/mol. The number of hydrogen-bond donors (Lipinski definition) is 3. The minimum Gasteiger partial charge on any atom is -0.385 e. The molecule has 0 unspecified atom stereocenters. The van der Waals surface area contributed by atoms with Crippen LogP contribution in [0, 0.1) is 5.41 Å². The molecule has 0 heterocycles. The molecule has 2 rings (SSSR count). The van der Waals surface area contributed by atoms with Gasteiger partial charge in [0.25, 0.3) is 0 Å². The van der Waals surface area contributed by atoms with Gasteiger partial charge in [-0.2, -0.15) is 0 Å². The number of rotatable bonds is 9. The smallest absolute Gasteiger partial charge is 0.242 e. The molecule has 7 heteroatoms. The summed E-state index contributed by atoms with van der Waals surface area (Å²) in [6, 6.07) is 0.345. The third kappa shape index (κ3) is 8.98. The van der Waals surface area contributed by atoms with Crippen molar-refractivity contribution in [3.05, 3.63) is 0 Å². The Labute approximate surface area is 182 Å². The Balaban J connectivity index is 0.00000364. The molecule has 0 aromatic rings. The molecule has 0 bridgehead atoms. The van der Waals surface area contributed by atoms with Crippen LogP contribution in [0.3, 0.4) is 0 Å². The SMILES string of the molecule is CCNC(=NCC(=O)NC1CCCCC1)NCC1(CCOC)CCCC1.I. The van der Waals surface area contributed by atoms with Gasteiger partial charge in [-0.05, 0) is 44.4 Å². The van der Waals surface area contributed by atoms with E-state index < -0.39 is 0 Å². The van der Waals surface area contributed by atoms with Gasteiger partial charge in [0.15, 0.2) is 5.96 Å². The van der Waals surface area contributed by atoms with Crippen molar-refractivity contribution in [3.8, 4) is 0 Å². The largest absolute Gasteiger partial charge is 0.385 e. The third-order valence-corrected chi connectivity index (χ3v) is 5.83. The molecule has 1 amide bonds. The Morgan fingerprint density at radius 1 is 1.11 bits per heavy atom. The first-order valence-corrected chi connectivity index (χ1v) is 10.5.